The van der Waals surface area contributed by atoms with E-state index in [2.05, 4.69) is 5.32 Å². The Labute approximate surface area is 115 Å². The molecule has 0 aromatic heterocycles. The molecule has 0 aliphatic carbocycles. The van der Waals surface area contributed by atoms with E-state index in [4.69, 9.17) is 12.2 Å². The van der Waals surface area contributed by atoms with Crippen molar-refractivity contribution in [2.24, 2.45) is 0 Å². The Morgan fingerprint density at radius 2 is 2.33 bits per heavy atom. The standard InChI is InChI=1S/C12H14N2O2S2/c1-18-6-5-10-11(16)14(12(17)13-10)8-3-2-4-9(15)7-8/h2-4,7,10,15H,5-6H2,1H3,(H,13,17)/t10-/m1/s1. The third-order valence-electron chi connectivity index (χ3n) is 2.72. The Morgan fingerprint density at radius 1 is 1.56 bits per heavy atom. The number of aromatic hydroxyl groups is 1. The van der Waals surface area contributed by atoms with Crippen molar-refractivity contribution < 1.29 is 9.90 Å². The molecular weight excluding hydrogens is 268 g/mol. The fourth-order valence-electron chi connectivity index (χ4n) is 1.84. The maximum absolute atomic E-state index is 12.2. The van der Waals surface area contributed by atoms with Gasteiger partial charge >= 0.3 is 0 Å². The highest BCUT2D eigenvalue weighted by atomic mass is 32.2. The first-order valence-corrected chi connectivity index (χ1v) is 7.36. The van der Waals surface area contributed by atoms with Crippen LogP contribution in [0.5, 0.6) is 5.75 Å². The highest BCUT2D eigenvalue weighted by molar-refractivity contribution is 7.98. The lowest BCUT2D eigenvalue weighted by Crippen LogP contribution is -2.31. The maximum atomic E-state index is 12.2. The number of nitrogens with zero attached hydrogens (tertiary/aromatic N) is 1. The van der Waals surface area contributed by atoms with Crippen LogP contribution in [0.15, 0.2) is 24.3 Å². The van der Waals surface area contributed by atoms with Crippen molar-refractivity contribution in [3.8, 4) is 5.75 Å². The predicted octanol–water partition coefficient (Wildman–Crippen LogP) is 1.73. The Kier molecular flexibility index (Phi) is 4.08. The molecule has 6 heteroatoms. The monoisotopic (exact) mass is 282 g/mol. The summed E-state index contributed by atoms with van der Waals surface area (Å²) in [6.45, 7) is 0. The van der Waals surface area contributed by atoms with Crippen molar-refractivity contribution in [2.45, 2.75) is 12.5 Å². The molecule has 4 nitrogen and oxygen atoms in total. The van der Waals surface area contributed by atoms with Gasteiger partial charge in [0.15, 0.2) is 5.11 Å². The lowest BCUT2D eigenvalue weighted by Gasteiger charge is -2.14. The van der Waals surface area contributed by atoms with Gasteiger partial charge in [-0.15, -0.1) is 0 Å². The van der Waals surface area contributed by atoms with E-state index in [-0.39, 0.29) is 17.7 Å². The Bertz CT molecular complexity index is 479. The number of thiocarbonyl (C=S) groups is 1. The molecule has 1 aromatic rings. The Morgan fingerprint density at radius 3 is 3.00 bits per heavy atom. The van der Waals surface area contributed by atoms with Crippen LogP contribution in [0.1, 0.15) is 6.42 Å². The van der Waals surface area contributed by atoms with Gasteiger partial charge in [0.2, 0.25) is 0 Å². The van der Waals surface area contributed by atoms with E-state index in [0.29, 0.717) is 10.8 Å². The summed E-state index contributed by atoms with van der Waals surface area (Å²) in [6, 6.07) is 6.28. The van der Waals surface area contributed by atoms with Gasteiger partial charge in [-0.3, -0.25) is 9.69 Å². The molecule has 1 aliphatic rings. The number of hydrogen-bond donors (Lipinski definition) is 2. The molecule has 0 saturated carbocycles. The molecule has 2 N–H and O–H groups in total. The second kappa shape index (κ2) is 5.58. The molecule has 1 amide bonds. The molecule has 0 spiro atoms. The first-order chi connectivity index (χ1) is 8.63. The van der Waals surface area contributed by atoms with E-state index in [0.717, 1.165) is 12.2 Å². The van der Waals surface area contributed by atoms with Crippen molar-refractivity contribution >= 4 is 40.7 Å². The number of carbonyl (C=O) groups excluding carboxylic acids is 1. The molecule has 18 heavy (non-hydrogen) atoms. The summed E-state index contributed by atoms with van der Waals surface area (Å²) in [6.07, 6.45) is 2.75. The molecule has 1 heterocycles. The fraction of sp³-hybridized carbons (Fsp3) is 0.333. The first kappa shape index (κ1) is 13.2. The van der Waals surface area contributed by atoms with Gasteiger partial charge in [-0.05, 0) is 42.8 Å². The van der Waals surface area contributed by atoms with Crippen LogP contribution in [0.25, 0.3) is 0 Å². The normalized spacial score (nSPS) is 19.2. The third-order valence-corrected chi connectivity index (χ3v) is 3.66. The van der Waals surface area contributed by atoms with Gasteiger partial charge < -0.3 is 10.4 Å². The molecule has 96 valence electrons. The number of benzene rings is 1. The molecule has 0 radical (unpaired) electrons. The molecule has 1 atom stereocenters. The minimum atomic E-state index is -0.257. The van der Waals surface area contributed by atoms with Crippen molar-refractivity contribution in [1.82, 2.24) is 5.32 Å². The van der Waals surface area contributed by atoms with Crippen molar-refractivity contribution in [3.05, 3.63) is 24.3 Å². The van der Waals surface area contributed by atoms with Crippen LogP contribution in [-0.4, -0.2) is 34.2 Å². The van der Waals surface area contributed by atoms with Crippen LogP contribution in [0.4, 0.5) is 5.69 Å². The van der Waals surface area contributed by atoms with Gasteiger partial charge in [0, 0.05) is 6.07 Å². The number of rotatable bonds is 4. The number of phenolic OH excluding ortho intramolecular Hbond substituents is 1. The summed E-state index contributed by atoms with van der Waals surface area (Å²) >= 11 is 6.87. The van der Waals surface area contributed by atoms with Crippen LogP contribution in [0, 0.1) is 0 Å². The summed E-state index contributed by atoms with van der Waals surface area (Å²) in [4.78, 5) is 13.7. The number of phenols is 1. The third kappa shape index (κ3) is 2.59. The van der Waals surface area contributed by atoms with Crippen LogP contribution in [0.3, 0.4) is 0 Å². The van der Waals surface area contributed by atoms with E-state index in [9.17, 15) is 9.90 Å². The largest absolute Gasteiger partial charge is 0.508 e. The van der Waals surface area contributed by atoms with E-state index in [1.807, 2.05) is 6.26 Å². The second-order valence-electron chi connectivity index (χ2n) is 3.98. The van der Waals surface area contributed by atoms with Crippen molar-refractivity contribution in [2.75, 3.05) is 16.9 Å². The molecular formula is C12H14N2O2S2. The average Bonchev–Trinajstić information content (AvgIpc) is 2.62. The topological polar surface area (TPSA) is 52.6 Å². The smallest absolute Gasteiger partial charge is 0.255 e. The molecule has 0 unspecified atom stereocenters. The van der Waals surface area contributed by atoms with Gasteiger partial charge in [-0.25, -0.2) is 0 Å². The Balaban J connectivity index is 2.19. The molecule has 2 rings (SSSR count). The maximum Gasteiger partial charge on any atom is 0.255 e. The first-order valence-electron chi connectivity index (χ1n) is 5.56. The van der Waals surface area contributed by atoms with E-state index >= 15 is 0 Å². The van der Waals surface area contributed by atoms with E-state index in [1.54, 1.807) is 30.0 Å². The molecule has 1 saturated heterocycles. The number of nitrogens with one attached hydrogen (secondary N) is 1. The van der Waals surface area contributed by atoms with Gasteiger partial charge in [0.05, 0.1) is 5.69 Å². The summed E-state index contributed by atoms with van der Waals surface area (Å²) in [5.74, 6) is 0.968. The molecule has 0 bridgehead atoms. The average molecular weight is 282 g/mol. The summed E-state index contributed by atoms with van der Waals surface area (Å²) in [7, 11) is 0. The van der Waals surface area contributed by atoms with Gasteiger partial charge in [0.25, 0.3) is 5.91 Å². The van der Waals surface area contributed by atoms with E-state index in [1.165, 1.54) is 11.0 Å². The van der Waals surface area contributed by atoms with Crippen LogP contribution >= 0.6 is 24.0 Å². The van der Waals surface area contributed by atoms with Gasteiger partial charge in [0.1, 0.15) is 11.8 Å². The highest BCUT2D eigenvalue weighted by Gasteiger charge is 2.35. The number of hydrogen-bond acceptors (Lipinski definition) is 4. The quantitative estimate of drug-likeness (QED) is 0.824. The summed E-state index contributed by atoms with van der Waals surface area (Å²) in [5, 5.41) is 12.9. The van der Waals surface area contributed by atoms with Gasteiger partial charge in [-0.2, -0.15) is 11.8 Å². The predicted molar refractivity (Wildman–Crippen MR) is 78.1 cm³/mol. The zero-order valence-corrected chi connectivity index (χ0v) is 11.6. The number of carbonyl (C=O) groups is 1. The van der Waals surface area contributed by atoms with Crippen molar-refractivity contribution in [1.29, 1.82) is 0 Å². The lowest BCUT2D eigenvalue weighted by molar-refractivity contribution is -0.118. The SMILES string of the molecule is CSCC[C@H]1NC(=S)N(c2cccc(O)c2)C1=O. The molecule has 1 aliphatic heterocycles. The number of amides is 1. The lowest BCUT2D eigenvalue weighted by atomic mass is 10.2. The van der Waals surface area contributed by atoms with Crippen LogP contribution in [-0.2, 0) is 4.79 Å². The zero-order chi connectivity index (χ0) is 13.1. The van der Waals surface area contributed by atoms with Crippen LogP contribution < -0.4 is 10.2 Å². The van der Waals surface area contributed by atoms with Crippen LogP contribution in [0.2, 0.25) is 0 Å². The minimum absolute atomic E-state index is 0.0559. The summed E-state index contributed by atoms with van der Waals surface area (Å²) < 4.78 is 0. The Hall–Kier alpha value is -1.27. The highest BCUT2D eigenvalue weighted by Crippen LogP contribution is 2.24. The second-order valence-corrected chi connectivity index (χ2v) is 5.35. The molecule has 1 fully saturated rings. The zero-order valence-electron chi connectivity index (χ0n) is 9.92. The fourth-order valence-corrected chi connectivity index (χ4v) is 2.65. The van der Waals surface area contributed by atoms with Gasteiger partial charge in [-0.1, -0.05) is 6.07 Å². The number of thioether (sulfide) groups is 1. The van der Waals surface area contributed by atoms with E-state index < -0.39 is 0 Å². The molecule has 1 aromatic carbocycles. The van der Waals surface area contributed by atoms with Crippen molar-refractivity contribution in [3.63, 3.8) is 0 Å². The summed E-state index contributed by atoms with van der Waals surface area (Å²) in [5.41, 5.74) is 0.601. The minimum Gasteiger partial charge on any atom is -0.508 e. The number of anilines is 1.